The van der Waals surface area contributed by atoms with Gasteiger partial charge in [-0.2, -0.15) is 13.1 Å². The minimum atomic E-state index is -5.00. The predicted molar refractivity (Wildman–Crippen MR) is 77.9 cm³/mol. The molecule has 0 bridgehead atoms. The zero-order chi connectivity index (χ0) is 18.9. The zero-order valence-corrected chi connectivity index (χ0v) is 13.8. The van der Waals surface area contributed by atoms with Gasteiger partial charge in [-0.3, -0.25) is 0 Å². The summed E-state index contributed by atoms with van der Waals surface area (Å²) >= 11 is 0. The van der Waals surface area contributed by atoms with Gasteiger partial charge in [0.2, 0.25) is 21.7 Å². The summed E-state index contributed by atoms with van der Waals surface area (Å²) in [6.45, 7) is -0.608. The van der Waals surface area contributed by atoms with Gasteiger partial charge >= 0.3 is 0 Å². The molecule has 4 nitrogen and oxygen atoms in total. The van der Waals surface area contributed by atoms with Gasteiger partial charge in [-0.25, -0.2) is 21.6 Å². The second-order valence-electron chi connectivity index (χ2n) is 4.97. The maximum atomic E-state index is 14.0. The third kappa shape index (κ3) is 3.31. The van der Waals surface area contributed by atoms with E-state index in [1.54, 1.807) is 0 Å². The van der Waals surface area contributed by atoms with Crippen LogP contribution in [0, 0.1) is 29.1 Å². The fraction of sp³-hybridized carbons (Fsp3) is 0.200. The van der Waals surface area contributed by atoms with E-state index in [1.165, 1.54) is 18.2 Å². The number of methoxy groups -OCH3 is 1. The van der Waals surface area contributed by atoms with Gasteiger partial charge in [-0.05, 0) is 6.07 Å². The second kappa shape index (κ2) is 6.96. The lowest BCUT2D eigenvalue weighted by atomic mass is 10.2. The molecule has 0 saturated carbocycles. The summed E-state index contributed by atoms with van der Waals surface area (Å²) in [7, 11) is -3.35. The molecular formula is C15H12F5NO3S. The summed E-state index contributed by atoms with van der Waals surface area (Å²) in [5, 5.41) is 0. The van der Waals surface area contributed by atoms with Gasteiger partial charge in [0.25, 0.3) is 0 Å². The lowest BCUT2D eigenvalue weighted by Crippen LogP contribution is -2.29. The third-order valence-electron chi connectivity index (χ3n) is 3.41. The Balaban J connectivity index is 2.55. The van der Waals surface area contributed by atoms with E-state index in [4.69, 9.17) is 0 Å². The first-order valence-electron chi connectivity index (χ1n) is 6.72. The fourth-order valence-electron chi connectivity index (χ4n) is 2.10. The molecule has 0 heterocycles. The van der Waals surface area contributed by atoms with Crippen molar-refractivity contribution < 1.29 is 35.1 Å². The molecule has 0 aliphatic carbocycles. The Morgan fingerprint density at radius 1 is 0.960 bits per heavy atom. The highest BCUT2D eigenvalue weighted by Gasteiger charge is 2.36. The first kappa shape index (κ1) is 19.1. The number of halogens is 5. The van der Waals surface area contributed by atoms with Crippen LogP contribution in [0.4, 0.5) is 22.0 Å². The zero-order valence-electron chi connectivity index (χ0n) is 13.0. The molecule has 2 aromatic rings. The number of hydrogen-bond donors (Lipinski definition) is 0. The van der Waals surface area contributed by atoms with Crippen molar-refractivity contribution in [1.82, 2.24) is 4.31 Å². The minimum absolute atomic E-state index is 0.0937. The smallest absolute Gasteiger partial charge is 0.249 e. The van der Waals surface area contributed by atoms with Crippen molar-refractivity contribution in [2.24, 2.45) is 0 Å². The highest BCUT2D eigenvalue weighted by Crippen LogP contribution is 2.33. The summed E-state index contributed by atoms with van der Waals surface area (Å²) in [6, 6.07) is 5.10. The van der Waals surface area contributed by atoms with E-state index < -0.39 is 56.3 Å². The summed E-state index contributed by atoms with van der Waals surface area (Å²) in [4.78, 5) is -1.82. The number of hydrogen-bond acceptors (Lipinski definition) is 3. The molecule has 2 aromatic carbocycles. The summed E-state index contributed by atoms with van der Waals surface area (Å²) in [5.41, 5.74) is -0.0937. The molecule has 0 aliphatic rings. The van der Waals surface area contributed by atoms with Crippen LogP contribution >= 0.6 is 0 Å². The monoisotopic (exact) mass is 381 g/mol. The second-order valence-corrected chi connectivity index (χ2v) is 6.95. The molecule has 0 amide bonds. The molecule has 0 saturated heterocycles. The molecule has 0 spiro atoms. The lowest BCUT2D eigenvalue weighted by Gasteiger charge is -2.19. The Labute approximate surface area is 140 Å². The average Bonchev–Trinajstić information content (AvgIpc) is 2.55. The topological polar surface area (TPSA) is 46.6 Å². The Morgan fingerprint density at radius 3 is 1.96 bits per heavy atom. The fourth-order valence-corrected chi connectivity index (χ4v) is 3.36. The molecule has 0 aromatic heterocycles. The molecule has 0 atom stereocenters. The van der Waals surface area contributed by atoms with E-state index in [9.17, 15) is 30.4 Å². The van der Waals surface area contributed by atoms with Crippen molar-refractivity contribution in [1.29, 1.82) is 0 Å². The molecule has 10 heteroatoms. The number of ether oxygens (including phenoxy) is 1. The normalized spacial score (nSPS) is 11.8. The average molecular weight is 381 g/mol. The van der Waals surface area contributed by atoms with Crippen LogP contribution in [-0.4, -0.2) is 26.9 Å². The van der Waals surface area contributed by atoms with Crippen LogP contribution in [0.15, 0.2) is 29.2 Å². The Hall–Kier alpha value is -2.20. The number of sulfonamides is 1. The molecule has 0 radical (unpaired) electrons. The maximum Gasteiger partial charge on any atom is 0.249 e. The molecule has 0 aliphatic heterocycles. The maximum absolute atomic E-state index is 14.0. The van der Waals surface area contributed by atoms with Gasteiger partial charge in [0, 0.05) is 19.2 Å². The molecule has 136 valence electrons. The van der Waals surface area contributed by atoms with Crippen molar-refractivity contribution in [2.45, 2.75) is 11.4 Å². The van der Waals surface area contributed by atoms with Crippen LogP contribution in [-0.2, 0) is 16.6 Å². The van der Waals surface area contributed by atoms with Gasteiger partial charge in [-0.15, -0.1) is 0 Å². The SMILES string of the molecule is COc1c(F)c(F)c(S(=O)(=O)N(C)Cc2ccccc2F)c(F)c1F. The molecule has 0 unspecified atom stereocenters. The highest BCUT2D eigenvalue weighted by atomic mass is 32.2. The van der Waals surface area contributed by atoms with Gasteiger partial charge in [0.15, 0.2) is 22.3 Å². The first-order valence-corrected chi connectivity index (χ1v) is 8.16. The standard InChI is InChI=1S/C15H12F5NO3S/c1-21(7-8-5-3-4-6-9(8)16)25(22,23)15-12(19)10(17)14(24-2)11(18)13(15)20/h3-6H,7H2,1-2H3. The van der Waals surface area contributed by atoms with Crippen LogP contribution in [0.5, 0.6) is 5.75 Å². The Bertz CT molecular complexity index is 889. The van der Waals surface area contributed by atoms with E-state index in [-0.39, 0.29) is 5.56 Å². The van der Waals surface area contributed by atoms with Crippen LogP contribution in [0.25, 0.3) is 0 Å². The van der Waals surface area contributed by atoms with Crippen molar-refractivity contribution in [3.63, 3.8) is 0 Å². The van der Waals surface area contributed by atoms with E-state index >= 15 is 0 Å². The van der Waals surface area contributed by atoms with Gasteiger partial charge < -0.3 is 4.74 Å². The number of benzene rings is 2. The predicted octanol–water partition coefficient (Wildman–Crippen LogP) is 3.21. The largest absolute Gasteiger partial charge is 0.491 e. The first-order chi connectivity index (χ1) is 11.6. The van der Waals surface area contributed by atoms with Crippen molar-refractivity contribution >= 4 is 10.0 Å². The van der Waals surface area contributed by atoms with E-state index in [0.29, 0.717) is 4.31 Å². The van der Waals surface area contributed by atoms with Gasteiger partial charge in [0.1, 0.15) is 5.82 Å². The quantitative estimate of drug-likeness (QED) is 0.590. The molecular weight excluding hydrogens is 369 g/mol. The molecule has 0 N–H and O–H groups in total. The number of rotatable bonds is 5. The highest BCUT2D eigenvalue weighted by molar-refractivity contribution is 7.89. The molecule has 25 heavy (non-hydrogen) atoms. The van der Waals surface area contributed by atoms with Crippen LogP contribution in [0.1, 0.15) is 5.56 Å². The van der Waals surface area contributed by atoms with Crippen molar-refractivity contribution in [2.75, 3.05) is 14.2 Å². The van der Waals surface area contributed by atoms with Gasteiger partial charge in [-0.1, -0.05) is 18.2 Å². The van der Waals surface area contributed by atoms with Crippen LogP contribution < -0.4 is 4.74 Å². The van der Waals surface area contributed by atoms with Gasteiger partial charge in [0.05, 0.1) is 7.11 Å². The Morgan fingerprint density at radius 2 is 1.48 bits per heavy atom. The summed E-state index contributed by atoms with van der Waals surface area (Å²) in [6.07, 6.45) is 0. The summed E-state index contributed by atoms with van der Waals surface area (Å²) in [5.74, 6) is -10.4. The number of nitrogens with zero attached hydrogens (tertiary/aromatic N) is 1. The Kier molecular flexibility index (Phi) is 5.33. The third-order valence-corrected chi connectivity index (χ3v) is 5.23. The lowest BCUT2D eigenvalue weighted by molar-refractivity contribution is 0.320. The summed E-state index contributed by atoms with van der Waals surface area (Å²) < 4.78 is 98.4. The van der Waals surface area contributed by atoms with Crippen LogP contribution in [0.3, 0.4) is 0 Å². The van der Waals surface area contributed by atoms with Crippen molar-refractivity contribution in [3.05, 3.63) is 58.9 Å². The molecule has 2 rings (SSSR count). The van der Waals surface area contributed by atoms with E-state index in [1.807, 2.05) is 0 Å². The van der Waals surface area contributed by atoms with E-state index in [0.717, 1.165) is 20.2 Å². The van der Waals surface area contributed by atoms with Crippen LogP contribution in [0.2, 0.25) is 0 Å². The van der Waals surface area contributed by atoms with E-state index in [2.05, 4.69) is 4.74 Å². The molecule has 0 fully saturated rings. The minimum Gasteiger partial charge on any atom is -0.491 e. The van der Waals surface area contributed by atoms with Crippen molar-refractivity contribution in [3.8, 4) is 5.75 Å².